The van der Waals surface area contributed by atoms with Gasteiger partial charge >= 0.3 is 11.9 Å². The highest BCUT2D eigenvalue weighted by atomic mass is 32.2. The number of carboxylic acids is 1. The first kappa shape index (κ1) is 35.2. The van der Waals surface area contributed by atoms with Gasteiger partial charge in [-0.3, -0.25) is 9.59 Å². The summed E-state index contributed by atoms with van der Waals surface area (Å²) in [4.78, 5) is 37.6. The number of carboxylic acid groups (broad SMARTS) is 1. The Balaban J connectivity index is 2.66. The summed E-state index contributed by atoms with van der Waals surface area (Å²) in [5, 5.41) is 12.4. The number of aliphatic carboxylic acids is 1. The van der Waals surface area contributed by atoms with Gasteiger partial charge in [-0.15, -0.1) is 0 Å². The number of carbonyl (C=O) groups is 3. The van der Waals surface area contributed by atoms with Gasteiger partial charge in [-0.1, -0.05) is 65.3 Å². The third kappa shape index (κ3) is 17.0. The lowest BCUT2D eigenvalue weighted by Gasteiger charge is -2.23. The number of esters is 1. The molecule has 0 heterocycles. The van der Waals surface area contributed by atoms with E-state index in [1.165, 1.54) is 28.5 Å². The van der Waals surface area contributed by atoms with Crippen LogP contribution < -0.4 is 5.32 Å². The number of amides is 1. The number of nitrogens with one attached hydrogen (secondary N) is 1. The molecule has 0 aliphatic carbocycles. The van der Waals surface area contributed by atoms with Crippen molar-refractivity contribution in [1.29, 1.82) is 0 Å². The van der Waals surface area contributed by atoms with Crippen LogP contribution in [0.2, 0.25) is 0 Å². The van der Waals surface area contributed by atoms with Gasteiger partial charge in [0.25, 0.3) is 0 Å². The van der Waals surface area contributed by atoms with E-state index in [1.54, 1.807) is 20.8 Å². The van der Waals surface area contributed by atoms with Crippen LogP contribution in [0, 0.1) is 5.92 Å². The van der Waals surface area contributed by atoms with Gasteiger partial charge in [0.2, 0.25) is 5.91 Å². The number of benzene rings is 1. The average molecular weight is 572 g/mol. The summed E-state index contributed by atoms with van der Waals surface area (Å²) in [6, 6.07) is 8.34. The summed E-state index contributed by atoms with van der Waals surface area (Å²) >= 11 is 1.47. The summed E-state index contributed by atoms with van der Waals surface area (Å²) < 4.78 is 5.43. The van der Waals surface area contributed by atoms with E-state index in [4.69, 9.17) is 4.74 Å². The molecule has 1 amide bonds. The lowest BCUT2D eigenvalue weighted by atomic mass is 9.95. The Labute approximate surface area is 245 Å². The van der Waals surface area contributed by atoms with Crippen molar-refractivity contribution < 1.29 is 24.2 Å². The van der Waals surface area contributed by atoms with Gasteiger partial charge < -0.3 is 15.2 Å². The van der Waals surface area contributed by atoms with Crippen LogP contribution in [0.3, 0.4) is 0 Å². The van der Waals surface area contributed by atoms with E-state index >= 15 is 0 Å². The Kier molecular flexibility index (Phi) is 16.3. The summed E-state index contributed by atoms with van der Waals surface area (Å²) in [5.41, 5.74) is 4.23. The topological polar surface area (TPSA) is 92.7 Å². The molecule has 0 fully saturated rings. The van der Waals surface area contributed by atoms with Crippen molar-refractivity contribution in [1.82, 2.24) is 5.32 Å². The number of carbonyl (C=O) groups excluding carboxylic acids is 2. The SMILES string of the molecule is CC(C)=CCC/C(C)=C/CC/C(C)=C/CSC[C@H](NC(=O)[C@@H](CC(=O)OC(C)(C)C)Cc1ccccc1)C(=O)O. The van der Waals surface area contributed by atoms with Crippen LogP contribution in [0.15, 0.2) is 65.3 Å². The standard InChI is InChI=1S/C33H49NO5S/c1-24(2)13-11-14-25(3)15-12-16-26(4)19-20-40-23-29(32(37)38)34-31(36)28(21-27-17-9-8-10-18-27)22-30(35)39-33(5,6)7/h8-10,13,15,17-19,28-29H,11-12,14,16,20-23H2,1-7H3,(H,34,36)(H,37,38)/b25-15+,26-19+/t28-,29+/m1/s1. The zero-order valence-corrected chi connectivity index (χ0v) is 26.2. The maximum Gasteiger partial charge on any atom is 0.327 e. The van der Waals surface area contributed by atoms with Crippen LogP contribution >= 0.6 is 11.8 Å². The number of allylic oxidation sites excluding steroid dienone is 5. The Morgan fingerprint density at radius 1 is 0.950 bits per heavy atom. The van der Waals surface area contributed by atoms with E-state index in [-0.39, 0.29) is 12.2 Å². The molecule has 0 spiro atoms. The van der Waals surface area contributed by atoms with Crippen molar-refractivity contribution in [2.45, 2.75) is 98.6 Å². The van der Waals surface area contributed by atoms with Crippen LogP contribution in [0.5, 0.6) is 0 Å². The fraction of sp³-hybridized carbons (Fsp3) is 0.545. The van der Waals surface area contributed by atoms with E-state index < -0.39 is 35.4 Å². The lowest BCUT2D eigenvalue weighted by molar-refractivity contribution is -0.157. The van der Waals surface area contributed by atoms with Gasteiger partial charge in [-0.05, 0) is 86.1 Å². The van der Waals surface area contributed by atoms with Gasteiger partial charge in [0, 0.05) is 11.5 Å². The molecule has 0 saturated carbocycles. The monoisotopic (exact) mass is 571 g/mol. The second kappa shape index (κ2) is 18.5. The van der Waals surface area contributed by atoms with E-state index in [0.29, 0.717) is 12.2 Å². The number of ether oxygens (including phenoxy) is 1. The zero-order valence-electron chi connectivity index (χ0n) is 25.4. The van der Waals surface area contributed by atoms with Gasteiger partial charge in [-0.25, -0.2) is 4.79 Å². The molecule has 1 rings (SSSR count). The molecule has 2 atom stereocenters. The molecule has 0 aliphatic heterocycles. The van der Waals surface area contributed by atoms with Crippen molar-refractivity contribution in [3.8, 4) is 0 Å². The second-order valence-electron chi connectivity index (χ2n) is 11.6. The third-order valence-electron chi connectivity index (χ3n) is 6.10. The molecule has 40 heavy (non-hydrogen) atoms. The molecule has 0 bridgehead atoms. The maximum absolute atomic E-state index is 13.2. The number of rotatable bonds is 17. The van der Waals surface area contributed by atoms with Crippen LogP contribution in [-0.2, 0) is 25.5 Å². The molecule has 1 aromatic rings. The van der Waals surface area contributed by atoms with E-state index in [2.05, 4.69) is 51.2 Å². The zero-order chi connectivity index (χ0) is 30.1. The summed E-state index contributed by atoms with van der Waals surface area (Å²) in [7, 11) is 0. The fourth-order valence-corrected chi connectivity index (χ4v) is 4.93. The number of hydrogen-bond acceptors (Lipinski definition) is 5. The summed E-state index contributed by atoms with van der Waals surface area (Å²) in [6.07, 6.45) is 11.0. The molecular weight excluding hydrogens is 522 g/mol. The second-order valence-corrected chi connectivity index (χ2v) is 12.6. The number of thioether (sulfide) groups is 1. The molecule has 0 radical (unpaired) electrons. The predicted molar refractivity (Wildman–Crippen MR) is 166 cm³/mol. The maximum atomic E-state index is 13.2. The van der Waals surface area contributed by atoms with Crippen LogP contribution in [0.1, 0.15) is 86.1 Å². The highest BCUT2D eigenvalue weighted by Gasteiger charge is 2.29. The largest absolute Gasteiger partial charge is 0.480 e. The Morgan fingerprint density at radius 3 is 2.12 bits per heavy atom. The van der Waals surface area contributed by atoms with Crippen LogP contribution in [-0.4, -0.2) is 46.1 Å². The predicted octanol–water partition coefficient (Wildman–Crippen LogP) is 7.30. The van der Waals surface area contributed by atoms with E-state index in [9.17, 15) is 19.5 Å². The average Bonchev–Trinajstić information content (AvgIpc) is 2.84. The molecule has 1 aromatic carbocycles. The van der Waals surface area contributed by atoms with Gasteiger partial charge in [-0.2, -0.15) is 11.8 Å². The molecular formula is C33H49NO5S. The smallest absolute Gasteiger partial charge is 0.327 e. The molecule has 222 valence electrons. The van der Waals surface area contributed by atoms with Gasteiger partial charge in [0.15, 0.2) is 0 Å². The molecule has 0 aliphatic rings. The third-order valence-corrected chi connectivity index (χ3v) is 7.07. The highest BCUT2D eigenvalue weighted by Crippen LogP contribution is 2.18. The quantitative estimate of drug-likeness (QED) is 0.116. The Hall–Kier alpha value is -2.80. The molecule has 2 N–H and O–H groups in total. The van der Waals surface area contributed by atoms with Crippen molar-refractivity contribution in [2.24, 2.45) is 5.92 Å². The summed E-state index contributed by atoms with van der Waals surface area (Å²) in [5.74, 6) is -1.86. The number of hydrogen-bond donors (Lipinski definition) is 2. The fourth-order valence-electron chi connectivity index (χ4n) is 3.93. The van der Waals surface area contributed by atoms with E-state index in [1.807, 2.05) is 30.3 Å². The molecule has 0 aromatic heterocycles. The summed E-state index contributed by atoms with van der Waals surface area (Å²) in [6.45, 7) is 13.8. The molecule has 0 saturated heterocycles. The van der Waals surface area contributed by atoms with Crippen molar-refractivity contribution in [2.75, 3.05) is 11.5 Å². The van der Waals surface area contributed by atoms with Crippen molar-refractivity contribution in [3.63, 3.8) is 0 Å². The molecule has 0 unspecified atom stereocenters. The minimum atomic E-state index is -1.09. The molecule has 7 heteroatoms. The first-order valence-electron chi connectivity index (χ1n) is 14.1. The molecule has 6 nitrogen and oxygen atoms in total. The van der Waals surface area contributed by atoms with Crippen molar-refractivity contribution in [3.05, 3.63) is 70.8 Å². The van der Waals surface area contributed by atoms with Gasteiger partial charge in [0.05, 0.1) is 12.3 Å². The Morgan fingerprint density at radius 2 is 1.55 bits per heavy atom. The van der Waals surface area contributed by atoms with Gasteiger partial charge in [0.1, 0.15) is 11.6 Å². The van der Waals surface area contributed by atoms with Crippen LogP contribution in [0.25, 0.3) is 0 Å². The first-order chi connectivity index (χ1) is 18.8. The lowest BCUT2D eigenvalue weighted by Crippen LogP contribution is -2.46. The minimum absolute atomic E-state index is 0.123. The van der Waals surface area contributed by atoms with E-state index in [0.717, 1.165) is 31.2 Å². The minimum Gasteiger partial charge on any atom is -0.480 e. The van der Waals surface area contributed by atoms with Crippen LogP contribution in [0.4, 0.5) is 0 Å². The van der Waals surface area contributed by atoms with Crippen molar-refractivity contribution >= 4 is 29.6 Å². The normalized spacial score (nSPS) is 13.8. The first-order valence-corrected chi connectivity index (χ1v) is 15.2. The Bertz CT molecular complexity index is 1030. The highest BCUT2D eigenvalue weighted by molar-refractivity contribution is 7.99.